The molecule has 0 aliphatic carbocycles. The van der Waals surface area contributed by atoms with Gasteiger partial charge in [-0.15, -0.1) is 0 Å². The highest BCUT2D eigenvalue weighted by Gasteiger charge is 2.43. The summed E-state index contributed by atoms with van der Waals surface area (Å²) in [6.45, 7) is 3.62. The maximum Gasteiger partial charge on any atom is 0.255 e. The number of Topliss-reactive ketones (excluding diaryl/α,β-unsaturated/α-hetero) is 1. The predicted octanol–water partition coefficient (Wildman–Crippen LogP) is 4.62. The summed E-state index contributed by atoms with van der Waals surface area (Å²) in [6.07, 6.45) is 1.62. The van der Waals surface area contributed by atoms with Gasteiger partial charge in [0, 0.05) is 33.5 Å². The van der Waals surface area contributed by atoms with Gasteiger partial charge in [0.15, 0.2) is 5.78 Å². The van der Waals surface area contributed by atoms with Crippen molar-refractivity contribution in [1.29, 1.82) is 0 Å². The van der Waals surface area contributed by atoms with Crippen LogP contribution in [0.15, 0.2) is 70.7 Å². The van der Waals surface area contributed by atoms with Gasteiger partial charge in [-0.2, -0.15) is 11.3 Å². The lowest BCUT2D eigenvalue weighted by atomic mass is 9.94. The number of nitrogens with zero attached hydrogens (tertiary/aromatic N) is 3. The van der Waals surface area contributed by atoms with E-state index >= 15 is 0 Å². The van der Waals surface area contributed by atoms with E-state index in [4.69, 9.17) is 0 Å². The van der Waals surface area contributed by atoms with Gasteiger partial charge in [0.05, 0.1) is 23.1 Å². The number of hydrogen-bond donors (Lipinski definition) is 1. The Morgan fingerprint density at radius 1 is 1.17 bits per heavy atom. The van der Waals surface area contributed by atoms with E-state index in [1.807, 2.05) is 54.1 Å². The molecule has 4 aromatic rings. The number of fused-ring (bicyclic) bond motifs is 1. The number of aryl methyl sites for hydroxylation is 1. The molecule has 7 heteroatoms. The van der Waals surface area contributed by atoms with Crippen molar-refractivity contribution in [1.82, 2.24) is 15.0 Å². The number of amides is 1. The van der Waals surface area contributed by atoms with Gasteiger partial charge in [0.1, 0.15) is 6.04 Å². The highest BCUT2D eigenvalue weighted by Crippen LogP contribution is 2.42. The lowest BCUT2D eigenvalue weighted by molar-refractivity contribution is -0.114. The third kappa shape index (κ3) is 2.86. The number of anilines is 1. The van der Waals surface area contributed by atoms with Gasteiger partial charge in [-0.25, -0.2) is 4.98 Å². The summed E-state index contributed by atoms with van der Waals surface area (Å²) in [5, 5.41) is 3.68. The first-order valence-corrected chi connectivity index (χ1v) is 10.5. The molecule has 0 radical (unpaired) electrons. The van der Waals surface area contributed by atoms with E-state index in [2.05, 4.69) is 15.0 Å². The second kappa shape index (κ2) is 7.03. The van der Waals surface area contributed by atoms with Gasteiger partial charge in [0.25, 0.3) is 5.91 Å². The van der Waals surface area contributed by atoms with E-state index in [1.165, 1.54) is 11.3 Å². The Kier molecular flexibility index (Phi) is 4.33. The zero-order valence-electron chi connectivity index (χ0n) is 16.4. The highest BCUT2D eigenvalue weighted by molar-refractivity contribution is 7.08. The summed E-state index contributed by atoms with van der Waals surface area (Å²) >= 11 is 1.46. The maximum atomic E-state index is 13.4. The van der Waals surface area contributed by atoms with E-state index in [1.54, 1.807) is 24.2 Å². The average molecular weight is 414 g/mol. The van der Waals surface area contributed by atoms with Gasteiger partial charge < -0.3 is 4.98 Å². The lowest BCUT2D eigenvalue weighted by Gasteiger charge is -2.27. The van der Waals surface area contributed by atoms with Crippen LogP contribution in [-0.2, 0) is 4.79 Å². The molecule has 1 aliphatic heterocycles. The van der Waals surface area contributed by atoms with Crippen LogP contribution in [0.1, 0.15) is 34.7 Å². The van der Waals surface area contributed by atoms with Crippen LogP contribution in [0.3, 0.4) is 0 Å². The van der Waals surface area contributed by atoms with Crippen molar-refractivity contribution in [3.8, 4) is 0 Å². The minimum Gasteiger partial charge on any atom is -0.345 e. The monoisotopic (exact) mass is 414 g/mol. The standard InChI is InChI=1S/C23H18N4O2S/c1-13-4-3-5-18(26-13)21-20(22(28)15-8-9-30-11-15)14(2)23(29)27(21)16-6-7-17-19(10-16)25-12-24-17/h3-12,21H,1-2H3,(H,24,25). The molecule has 1 unspecified atom stereocenters. The van der Waals surface area contributed by atoms with Gasteiger partial charge in [-0.1, -0.05) is 6.07 Å². The molecule has 1 atom stereocenters. The zero-order chi connectivity index (χ0) is 20.8. The number of aromatic nitrogens is 3. The Labute approximate surface area is 176 Å². The van der Waals surface area contributed by atoms with Gasteiger partial charge in [0.2, 0.25) is 0 Å². The fourth-order valence-electron chi connectivity index (χ4n) is 3.93. The summed E-state index contributed by atoms with van der Waals surface area (Å²) in [5.41, 5.74) is 5.34. The molecule has 1 aliphatic rings. The quantitative estimate of drug-likeness (QED) is 0.495. The number of ketones is 1. The van der Waals surface area contributed by atoms with Crippen molar-refractivity contribution in [3.63, 3.8) is 0 Å². The molecule has 148 valence electrons. The van der Waals surface area contributed by atoms with Gasteiger partial charge in [-0.3, -0.25) is 19.5 Å². The van der Waals surface area contributed by atoms with Crippen molar-refractivity contribution in [3.05, 3.63) is 87.6 Å². The molecule has 0 spiro atoms. The molecule has 5 rings (SSSR count). The highest BCUT2D eigenvalue weighted by atomic mass is 32.1. The van der Waals surface area contributed by atoms with E-state index in [9.17, 15) is 9.59 Å². The van der Waals surface area contributed by atoms with Gasteiger partial charge >= 0.3 is 0 Å². The molecule has 0 saturated heterocycles. The molecule has 4 heterocycles. The molecule has 30 heavy (non-hydrogen) atoms. The van der Waals surface area contributed by atoms with Crippen LogP contribution < -0.4 is 4.90 Å². The number of H-pyrrole nitrogens is 1. The number of imidazole rings is 1. The van der Waals surface area contributed by atoms with E-state index < -0.39 is 6.04 Å². The van der Waals surface area contributed by atoms with Crippen LogP contribution in [0.5, 0.6) is 0 Å². The second-order valence-electron chi connectivity index (χ2n) is 7.27. The number of pyridine rings is 1. The van der Waals surface area contributed by atoms with E-state index in [0.717, 1.165) is 16.7 Å². The van der Waals surface area contributed by atoms with Crippen molar-refractivity contribution >= 4 is 39.7 Å². The maximum absolute atomic E-state index is 13.4. The third-order valence-corrected chi connectivity index (χ3v) is 6.06. The first-order valence-electron chi connectivity index (χ1n) is 9.52. The Morgan fingerprint density at radius 3 is 2.80 bits per heavy atom. The Balaban J connectivity index is 1.70. The number of nitrogens with one attached hydrogen (secondary N) is 1. The van der Waals surface area contributed by atoms with Crippen LogP contribution in [0.2, 0.25) is 0 Å². The first-order chi connectivity index (χ1) is 14.5. The lowest BCUT2D eigenvalue weighted by Crippen LogP contribution is -2.31. The van der Waals surface area contributed by atoms with Crippen LogP contribution in [0.4, 0.5) is 5.69 Å². The minimum absolute atomic E-state index is 0.138. The smallest absolute Gasteiger partial charge is 0.255 e. The van der Waals surface area contributed by atoms with Crippen LogP contribution in [0.25, 0.3) is 11.0 Å². The number of hydrogen-bond acceptors (Lipinski definition) is 5. The summed E-state index contributed by atoms with van der Waals surface area (Å²) in [6, 6.07) is 12.5. The number of carbonyl (C=O) groups excluding carboxylic acids is 2. The average Bonchev–Trinajstić information content (AvgIpc) is 3.48. The Bertz CT molecular complexity index is 1320. The molecule has 1 N–H and O–H groups in total. The molecular formula is C23H18N4O2S. The molecule has 1 amide bonds. The molecule has 3 aromatic heterocycles. The normalized spacial score (nSPS) is 16.7. The number of benzene rings is 1. The van der Waals surface area contributed by atoms with Crippen molar-refractivity contribution < 1.29 is 9.59 Å². The number of aromatic amines is 1. The molecule has 1 aromatic carbocycles. The summed E-state index contributed by atoms with van der Waals surface area (Å²) < 4.78 is 0. The molecular weight excluding hydrogens is 396 g/mol. The number of thiophene rings is 1. The first kappa shape index (κ1) is 18.4. The third-order valence-electron chi connectivity index (χ3n) is 5.38. The second-order valence-corrected chi connectivity index (χ2v) is 8.05. The molecule has 0 bridgehead atoms. The number of rotatable bonds is 4. The Morgan fingerprint density at radius 2 is 2.03 bits per heavy atom. The fraction of sp³-hybridized carbons (Fsp3) is 0.130. The van der Waals surface area contributed by atoms with Crippen LogP contribution in [0, 0.1) is 6.92 Å². The molecule has 0 saturated carbocycles. The zero-order valence-corrected chi connectivity index (χ0v) is 17.2. The summed E-state index contributed by atoms with van der Waals surface area (Å²) in [5.74, 6) is -0.332. The van der Waals surface area contributed by atoms with E-state index in [-0.39, 0.29) is 11.7 Å². The van der Waals surface area contributed by atoms with Crippen molar-refractivity contribution in [2.75, 3.05) is 4.90 Å². The molecule has 6 nitrogen and oxygen atoms in total. The number of carbonyl (C=O) groups is 2. The van der Waals surface area contributed by atoms with E-state index in [0.29, 0.717) is 28.1 Å². The minimum atomic E-state index is -0.592. The topological polar surface area (TPSA) is 79.0 Å². The van der Waals surface area contributed by atoms with Crippen LogP contribution in [-0.4, -0.2) is 26.6 Å². The summed E-state index contributed by atoms with van der Waals surface area (Å²) in [4.78, 5) is 40.5. The van der Waals surface area contributed by atoms with Crippen molar-refractivity contribution in [2.45, 2.75) is 19.9 Å². The fourth-order valence-corrected chi connectivity index (χ4v) is 4.56. The predicted molar refractivity (Wildman–Crippen MR) is 117 cm³/mol. The molecule has 0 fully saturated rings. The van der Waals surface area contributed by atoms with Crippen LogP contribution >= 0.6 is 11.3 Å². The largest absolute Gasteiger partial charge is 0.345 e. The Hall–Kier alpha value is -3.58. The van der Waals surface area contributed by atoms with Gasteiger partial charge in [-0.05, 0) is 55.6 Å². The SMILES string of the molecule is CC1=C(C(=O)c2ccsc2)C(c2cccc(C)n2)N(c2ccc3nc[nH]c3c2)C1=O. The van der Waals surface area contributed by atoms with Crippen molar-refractivity contribution in [2.24, 2.45) is 0 Å². The summed E-state index contributed by atoms with van der Waals surface area (Å²) in [7, 11) is 0.